The van der Waals surface area contributed by atoms with Crippen LogP contribution in [0.3, 0.4) is 0 Å². The summed E-state index contributed by atoms with van der Waals surface area (Å²) in [5, 5.41) is 2.71. The van der Waals surface area contributed by atoms with E-state index >= 15 is 0 Å². The van der Waals surface area contributed by atoms with E-state index in [0.29, 0.717) is 17.1 Å². The van der Waals surface area contributed by atoms with E-state index in [0.717, 1.165) is 10.5 Å². The van der Waals surface area contributed by atoms with Crippen LogP contribution in [0.1, 0.15) is 22.8 Å². The fourth-order valence-electron chi connectivity index (χ4n) is 3.25. The van der Waals surface area contributed by atoms with Crippen LogP contribution in [-0.4, -0.2) is 48.9 Å². The van der Waals surface area contributed by atoms with E-state index in [9.17, 15) is 14.4 Å². The van der Waals surface area contributed by atoms with Gasteiger partial charge in [0.1, 0.15) is 17.0 Å². The second-order valence-corrected chi connectivity index (χ2v) is 6.79. The Hall–Kier alpha value is -3.35. The van der Waals surface area contributed by atoms with Gasteiger partial charge in [-0.1, -0.05) is 18.2 Å². The number of imide groups is 1. The van der Waals surface area contributed by atoms with E-state index in [4.69, 9.17) is 9.47 Å². The van der Waals surface area contributed by atoms with E-state index < -0.39 is 17.5 Å². The molecule has 1 saturated heterocycles. The van der Waals surface area contributed by atoms with Crippen molar-refractivity contribution in [2.24, 2.45) is 0 Å². The molecule has 0 spiro atoms. The highest BCUT2D eigenvalue weighted by molar-refractivity contribution is 6.11. The summed E-state index contributed by atoms with van der Waals surface area (Å²) in [5.74, 6) is 0.493. The van der Waals surface area contributed by atoms with Crippen LogP contribution in [0.5, 0.6) is 11.5 Å². The molecular weight excluding hydrogens is 360 g/mol. The molecule has 0 aromatic heterocycles. The molecule has 0 bridgehead atoms. The molecule has 0 aliphatic carbocycles. The lowest BCUT2D eigenvalue weighted by molar-refractivity contribution is -0.130. The number of benzene rings is 2. The number of methoxy groups -OCH3 is 2. The topological polar surface area (TPSA) is 84.9 Å². The molecule has 0 unspecified atom stereocenters. The molecule has 0 saturated carbocycles. The number of hydrogen-bond acceptors (Lipinski definition) is 5. The first-order chi connectivity index (χ1) is 13.4. The number of carbonyl (C=O) groups is 3. The third kappa shape index (κ3) is 3.69. The molecule has 1 atom stereocenters. The fraction of sp³-hybridized carbons (Fsp3) is 0.286. The number of para-hydroxylation sites is 1. The molecule has 3 rings (SSSR count). The maximum atomic E-state index is 12.9. The van der Waals surface area contributed by atoms with E-state index in [2.05, 4.69) is 5.32 Å². The van der Waals surface area contributed by atoms with Gasteiger partial charge in [0.15, 0.2) is 5.78 Å². The summed E-state index contributed by atoms with van der Waals surface area (Å²) in [6.45, 7) is 1.33. The van der Waals surface area contributed by atoms with Crippen LogP contribution in [0.2, 0.25) is 0 Å². The standard InChI is InChI=1S/C21H22N2O5/c1-21(12-15-6-4-5-7-18(15)28-3)19(25)23(20(26)22-21)13-17(24)14-8-10-16(27-2)11-9-14/h4-11H,12-13H2,1-3H3,(H,22,26)/t21-/m0/s1. The van der Waals surface area contributed by atoms with Gasteiger partial charge < -0.3 is 14.8 Å². The van der Waals surface area contributed by atoms with Gasteiger partial charge in [-0.3, -0.25) is 14.5 Å². The highest BCUT2D eigenvalue weighted by atomic mass is 16.5. The number of ether oxygens (including phenoxy) is 2. The van der Waals surface area contributed by atoms with Crippen molar-refractivity contribution in [2.45, 2.75) is 18.9 Å². The lowest BCUT2D eigenvalue weighted by atomic mass is 9.92. The predicted molar refractivity (Wildman–Crippen MR) is 103 cm³/mol. The van der Waals surface area contributed by atoms with Gasteiger partial charge in [-0.25, -0.2) is 4.79 Å². The van der Waals surface area contributed by atoms with E-state index in [1.54, 1.807) is 44.4 Å². The molecule has 1 fully saturated rings. The molecule has 3 amide bonds. The lowest BCUT2D eigenvalue weighted by Crippen LogP contribution is -2.46. The maximum Gasteiger partial charge on any atom is 0.325 e. The number of nitrogens with one attached hydrogen (secondary N) is 1. The summed E-state index contributed by atoms with van der Waals surface area (Å²) in [7, 11) is 3.09. The summed E-state index contributed by atoms with van der Waals surface area (Å²) < 4.78 is 10.4. The zero-order valence-corrected chi connectivity index (χ0v) is 16.0. The van der Waals surface area contributed by atoms with Crippen molar-refractivity contribution in [1.82, 2.24) is 10.2 Å². The molecule has 0 radical (unpaired) electrons. The second-order valence-electron chi connectivity index (χ2n) is 6.79. The molecule has 1 N–H and O–H groups in total. The van der Waals surface area contributed by atoms with Crippen LogP contribution >= 0.6 is 0 Å². The smallest absolute Gasteiger partial charge is 0.325 e. The molecule has 7 nitrogen and oxygen atoms in total. The Morgan fingerprint density at radius 2 is 1.71 bits per heavy atom. The minimum Gasteiger partial charge on any atom is -0.497 e. The van der Waals surface area contributed by atoms with Crippen LogP contribution in [0.25, 0.3) is 0 Å². The normalized spacial score (nSPS) is 18.8. The van der Waals surface area contributed by atoms with Crippen molar-refractivity contribution in [3.8, 4) is 11.5 Å². The van der Waals surface area contributed by atoms with Crippen LogP contribution in [0.4, 0.5) is 4.79 Å². The Morgan fingerprint density at radius 1 is 1.04 bits per heavy atom. The van der Waals surface area contributed by atoms with Gasteiger partial charge in [-0.2, -0.15) is 0 Å². The first-order valence-corrected chi connectivity index (χ1v) is 8.81. The molecular formula is C21H22N2O5. The minimum atomic E-state index is -1.15. The quantitative estimate of drug-likeness (QED) is 0.587. The second kappa shape index (κ2) is 7.72. The fourth-order valence-corrected chi connectivity index (χ4v) is 3.25. The molecule has 2 aromatic carbocycles. The molecule has 1 aliphatic heterocycles. The van der Waals surface area contributed by atoms with Gasteiger partial charge in [0.05, 0.1) is 20.8 Å². The van der Waals surface area contributed by atoms with Crippen LogP contribution in [0, 0.1) is 0 Å². The van der Waals surface area contributed by atoms with E-state index in [1.165, 1.54) is 7.11 Å². The number of amides is 3. The molecule has 1 heterocycles. The van der Waals surface area contributed by atoms with Crippen LogP contribution in [-0.2, 0) is 11.2 Å². The number of Topliss-reactive ketones (excluding diaryl/α,β-unsaturated/α-hetero) is 1. The number of ketones is 1. The first kappa shape index (κ1) is 19.4. The Morgan fingerprint density at radius 3 is 2.36 bits per heavy atom. The third-order valence-corrected chi connectivity index (χ3v) is 4.80. The minimum absolute atomic E-state index is 0.259. The highest BCUT2D eigenvalue weighted by Crippen LogP contribution is 2.27. The SMILES string of the molecule is COc1ccc(C(=O)CN2C(=O)N[C@@](C)(Cc3ccccc3OC)C2=O)cc1. The number of nitrogens with zero attached hydrogens (tertiary/aromatic N) is 1. The average Bonchev–Trinajstić information content (AvgIpc) is 2.91. The third-order valence-electron chi connectivity index (χ3n) is 4.80. The largest absolute Gasteiger partial charge is 0.497 e. The Bertz CT molecular complexity index is 909. The van der Waals surface area contributed by atoms with Crippen molar-refractivity contribution in [2.75, 3.05) is 20.8 Å². The van der Waals surface area contributed by atoms with Crippen molar-refractivity contribution in [3.05, 3.63) is 59.7 Å². The Balaban J connectivity index is 1.76. The summed E-state index contributed by atoms with van der Waals surface area (Å²) in [6.07, 6.45) is 0.259. The Kier molecular flexibility index (Phi) is 5.35. The van der Waals surface area contributed by atoms with Crippen molar-refractivity contribution >= 4 is 17.7 Å². The number of hydrogen-bond donors (Lipinski definition) is 1. The summed E-state index contributed by atoms with van der Waals surface area (Å²) in [6, 6.07) is 13.3. The number of carbonyl (C=O) groups excluding carboxylic acids is 3. The number of urea groups is 1. The Labute approximate surface area is 163 Å². The van der Waals surface area contributed by atoms with Crippen LogP contribution in [0.15, 0.2) is 48.5 Å². The summed E-state index contributed by atoms with van der Waals surface area (Å²) in [5.41, 5.74) is 0.0514. The molecule has 7 heteroatoms. The molecule has 146 valence electrons. The zero-order valence-electron chi connectivity index (χ0n) is 16.0. The van der Waals surface area contributed by atoms with Crippen molar-refractivity contribution in [1.29, 1.82) is 0 Å². The van der Waals surface area contributed by atoms with E-state index in [-0.39, 0.29) is 18.7 Å². The molecule has 1 aliphatic rings. The zero-order chi connectivity index (χ0) is 20.3. The summed E-state index contributed by atoms with van der Waals surface area (Å²) in [4.78, 5) is 38.8. The van der Waals surface area contributed by atoms with Gasteiger partial charge in [0.25, 0.3) is 5.91 Å². The lowest BCUT2D eigenvalue weighted by Gasteiger charge is -2.22. The van der Waals surface area contributed by atoms with Gasteiger partial charge in [0.2, 0.25) is 0 Å². The average molecular weight is 382 g/mol. The molecule has 2 aromatic rings. The number of rotatable bonds is 7. The van der Waals surface area contributed by atoms with Gasteiger partial charge >= 0.3 is 6.03 Å². The maximum absolute atomic E-state index is 12.9. The monoisotopic (exact) mass is 382 g/mol. The predicted octanol–water partition coefficient (Wildman–Crippen LogP) is 2.44. The van der Waals surface area contributed by atoms with Crippen LogP contribution < -0.4 is 14.8 Å². The highest BCUT2D eigenvalue weighted by Gasteiger charge is 2.48. The van der Waals surface area contributed by atoms with Gasteiger partial charge in [-0.15, -0.1) is 0 Å². The van der Waals surface area contributed by atoms with Crippen molar-refractivity contribution in [3.63, 3.8) is 0 Å². The van der Waals surface area contributed by atoms with Gasteiger partial charge in [-0.05, 0) is 42.8 Å². The van der Waals surface area contributed by atoms with Gasteiger partial charge in [0, 0.05) is 12.0 Å². The van der Waals surface area contributed by atoms with Crippen molar-refractivity contribution < 1.29 is 23.9 Å². The first-order valence-electron chi connectivity index (χ1n) is 8.81. The summed E-state index contributed by atoms with van der Waals surface area (Å²) >= 11 is 0. The molecule has 28 heavy (non-hydrogen) atoms. The van der Waals surface area contributed by atoms with E-state index in [1.807, 2.05) is 18.2 Å².